The second kappa shape index (κ2) is 11.9. The monoisotopic (exact) mass is 589 g/mol. The van der Waals surface area contributed by atoms with Crippen LogP contribution < -0.4 is 19.6 Å². The Kier molecular flexibility index (Phi) is 9.22. The highest BCUT2D eigenvalue weighted by Gasteiger charge is 2.20. The molecular weight excluding hydrogens is 563 g/mol. The number of halogens is 2. The first kappa shape index (κ1) is 23.3. The predicted molar refractivity (Wildman–Crippen MR) is 132 cm³/mol. The third-order valence-electron chi connectivity index (χ3n) is 5.51. The summed E-state index contributed by atoms with van der Waals surface area (Å²) >= 11 is 1.68. The van der Waals surface area contributed by atoms with E-state index in [1.54, 1.807) is 0 Å². The third-order valence-corrected chi connectivity index (χ3v) is 7.17. The molecule has 0 aliphatic heterocycles. The summed E-state index contributed by atoms with van der Waals surface area (Å²) < 4.78 is 12.8. The molecule has 1 aromatic carbocycles. The number of nitrogens with one attached hydrogen (secondary N) is 2. The van der Waals surface area contributed by atoms with Gasteiger partial charge in [-0.15, -0.1) is 0 Å². The number of nitrogens with zero attached hydrogens (tertiary/aromatic N) is 3. The molecule has 0 spiro atoms. The van der Waals surface area contributed by atoms with Crippen molar-refractivity contribution in [2.45, 2.75) is 32.1 Å². The lowest BCUT2D eigenvalue weighted by molar-refractivity contribution is 0.289. The van der Waals surface area contributed by atoms with Crippen molar-refractivity contribution in [2.75, 3.05) is 33.5 Å². The van der Waals surface area contributed by atoms with Crippen LogP contribution in [0.3, 0.4) is 0 Å². The Hall–Kier alpha value is -1.37. The van der Waals surface area contributed by atoms with Gasteiger partial charge in [-0.1, -0.05) is 34.1 Å². The van der Waals surface area contributed by atoms with Gasteiger partial charge < -0.3 is 24.9 Å². The molecule has 0 amide bonds. The number of hydrogen-bond donors (Lipinski definition) is 3. The minimum absolute atomic E-state index is 0.227. The number of hydrogen-bond acceptors (Lipinski definition) is 7. The van der Waals surface area contributed by atoms with Crippen LogP contribution in [0.1, 0.15) is 31.2 Å². The summed E-state index contributed by atoms with van der Waals surface area (Å²) in [6.45, 7) is 2.13. The van der Waals surface area contributed by atoms with Crippen LogP contribution in [-0.2, 0) is 9.49 Å². The predicted octanol–water partition coefficient (Wildman–Crippen LogP) is 4.61. The molecule has 30 heavy (non-hydrogen) atoms. The molecule has 1 saturated carbocycles. The summed E-state index contributed by atoms with van der Waals surface area (Å²) in [6.07, 6.45) is 6.75. The fraction of sp³-hybridized carbons (Fsp3) is 0.500. The van der Waals surface area contributed by atoms with Crippen LogP contribution in [0.4, 0.5) is 17.5 Å². The fourth-order valence-corrected chi connectivity index (χ4v) is 4.73. The Labute approximate surface area is 196 Å². The Balaban J connectivity index is 1.61. The quantitative estimate of drug-likeness (QED) is 0.209. The first-order chi connectivity index (χ1) is 14.6. The molecule has 3 rings (SSSR count). The zero-order valence-corrected chi connectivity index (χ0v) is 20.4. The standard InChI is InChI=1S/C20H27BrIN6O2/c21-17-4-2-1-3-16(17)9-10-24-20-26-13-18(28(30)22-29)19(27-20)25-12-15-7-5-14(11-23)6-8-15/h1-4,13-15H,5-12,23H2,(H2,24,25,26,27)/q-1. The van der Waals surface area contributed by atoms with E-state index in [1.807, 2.05) is 18.2 Å². The van der Waals surface area contributed by atoms with Crippen LogP contribution in [0.15, 0.2) is 34.9 Å². The smallest absolute Gasteiger partial charge is 0.262 e. The molecule has 1 aromatic heterocycles. The molecule has 8 nitrogen and oxygen atoms in total. The molecule has 0 atom stereocenters. The zero-order valence-electron chi connectivity index (χ0n) is 16.7. The van der Waals surface area contributed by atoms with Gasteiger partial charge in [0.1, 0.15) is 0 Å². The molecule has 1 heterocycles. The van der Waals surface area contributed by atoms with Gasteiger partial charge in [0, 0.05) is 17.6 Å². The summed E-state index contributed by atoms with van der Waals surface area (Å²) in [4.78, 5) is 8.71. The second-order valence-electron chi connectivity index (χ2n) is 7.51. The third kappa shape index (κ3) is 6.56. The van der Waals surface area contributed by atoms with E-state index in [4.69, 9.17) is 5.73 Å². The normalized spacial score (nSPS) is 18.8. The number of nitrogens with two attached hydrogens (primary N) is 1. The average Bonchev–Trinajstić information content (AvgIpc) is 2.79. The van der Waals surface area contributed by atoms with Crippen LogP contribution >= 0.6 is 37.4 Å². The molecule has 0 saturated heterocycles. The van der Waals surface area contributed by atoms with Crippen molar-refractivity contribution in [3.8, 4) is 0 Å². The summed E-state index contributed by atoms with van der Waals surface area (Å²) in [6, 6.07) is 8.06. The number of anilines is 3. The zero-order chi connectivity index (χ0) is 21.3. The topological polar surface area (TPSA) is 119 Å². The van der Waals surface area contributed by atoms with E-state index in [0.717, 1.165) is 49.7 Å². The molecule has 0 bridgehead atoms. The van der Waals surface area contributed by atoms with Crippen molar-refractivity contribution in [1.82, 2.24) is 9.97 Å². The minimum Gasteiger partial charge on any atom is -0.747 e. The number of benzene rings is 1. The number of aromatic nitrogens is 2. The van der Waals surface area contributed by atoms with Gasteiger partial charge >= 0.3 is 0 Å². The van der Waals surface area contributed by atoms with Gasteiger partial charge in [-0.05, 0) is 62.1 Å². The fourth-order valence-electron chi connectivity index (χ4n) is 3.68. The molecule has 0 unspecified atom stereocenters. The highest BCUT2D eigenvalue weighted by Crippen LogP contribution is 2.31. The Morgan fingerprint density at radius 2 is 1.93 bits per heavy atom. The summed E-state index contributed by atoms with van der Waals surface area (Å²) in [7, 11) is 0. The van der Waals surface area contributed by atoms with Crippen molar-refractivity contribution in [1.29, 1.82) is 0 Å². The first-order valence-electron chi connectivity index (χ1n) is 10.1. The van der Waals surface area contributed by atoms with E-state index in [-0.39, 0.29) is 5.69 Å². The van der Waals surface area contributed by atoms with Crippen LogP contribution in [0, 0.1) is 17.0 Å². The van der Waals surface area contributed by atoms with E-state index in [0.29, 0.717) is 33.4 Å². The largest absolute Gasteiger partial charge is 0.747 e. The van der Waals surface area contributed by atoms with Gasteiger partial charge in [0.05, 0.1) is 11.9 Å². The lowest BCUT2D eigenvalue weighted by Gasteiger charge is -2.29. The van der Waals surface area contributed by atoms with Crippen LogP contribution in [0.25, 0.3) is 0 Å². The van der Waals surface area contributed by atoms with Crippen molar-refractivity contribution in [3.63, 3.8) is 0 Å². The van der Waals surface area contributed by atoms with Gasteiger partial charge in [-0.3, -0.25) is 0 Å². The van der Waals surface area contributed by atoms with E-state index in [2.05, 4.69) is 42.6 Å². The number of rotatable bonds is 10. The molecule has 1 aliphatic carbocycles. The second-order valence-corrected chi connectivity index (χ2v) is 9.64. The molecular formula is C20H27BrIN6O2-. The van der Waals surface area contributed by atoms with Gasteiger partial charge in [0.15, 0.2) is 5.82 Å². The molecule has 2 aromatic rings. The maximum atomic E-state index is 12.0. The van der Waals surface area contributed by atoms with Crippen molar-refractivity contribution < 1.29 is 3.07 Å². The molecule has 0 radical (unpaired) electrons. The van der Waals surface area contributed by atoms with E-state index >= 15 is 0 Å². The Bertz CT molecular complexity index is 835. The van der Waals surface area contributed by atoms with Gasteiger partial charge in [-0.2, -0.15) is 4.98 Å². The van der Waals surface area contributed by atoms with Gasteiger partial charge in [-0.25, -0.2) is 8.05 Å². The van der Waals surface area contributed by atoms with E-state index in [9.17, 15) is 8.28 Å². The summed E-state index contributed by atoms with van der Waals surface area (Å²) in [5.41, 5.74) is 7.19. The Morgan fingerprint density at radius 3 is 2.63 bits per heavy atom. The van der Waals surface area contributed by atoms with Gasteiger partial charge in [0.25, 0.3) is 21.5 Å². The van der Waals surface area contributed by atoms with Crippen LogP contribution in [0.5, 0.6) is 0 Å². The lowest BCUT2D eigenvalue weighted by atomic mass is 9.82. The van der Waals surface area contributed by atoms with E-state index in [1.165, 1.54) is 11.8 Å². The molecule has 164 valence electrons. The highest BCUT2D eigenvalue weighted by atomic mass is 127. The van der Waals surface area contributed by atoms with E-state index < -0.39 is 21.5 Å². The van der Waals surface area contributed by atoms with Crippen molar-refractivity contribution in [2.24, 2.45) is 17.6 Å². The van der Waals surface area contributed by atoms with Crippen LogP contribution in [0.2, 0.25) is 0 Å². The first-order valence-corrected chi connectivity index (χ1v) is 12.8. The lowest BCUT2D eigenvalue weighted by Crippen LogP contribution is -2.25. The molecule has 10 heteroatoms. The van der Waals surface area contributed by atoms with Crippen LogP contribution in [-0.4, -0.2) is 29.6 Å². The molecule has 1 aliphatic rings. The van der Waals surface area contributed by atoms with Crippen molar-refractivity contribution in [3.05, 3.63) is 45.7 Å². The SMILES string of the molecule is NCC1CCC(CNc2nc(NCCc3ccccc3Br)ncc2N([O-])I=O)CC1. The average molecular weight is 590 g/mol. The summed E-state index contributed by atoms with van der Waals surface area (Å²) in [5, 5.41) is 18.5. The summed E-state index contributed by atoms with van der Waals surface area (Å²) in [5.74, 6) is 2.01. The minimum atomic E-state index is -1.87. The van der Waals surface area contributed by atoms with Gasteiger partial charge in [0.2, 0.25) is 5.95 Å². The highest BCUT2D eigenvalue weighted by molar-refractivity contribution is 14.1. The maximum absolute atomic E-state index is 12.0. The van der Waals surface area contributed by atoms with Crippen molar-refractivity contribution >= 4 is 54.8 Å². The maximum Gasteiger partial charge on any atom is 0.262 e. The molecule has 4 N–H and O–H groups in total. The molecule has 1 fully saturated rings. The Morgan fingerprint density at radius 1 is 1.20 bits per heavy atom.